The molecule has 0 unspecified atom stereocenters. The molecule has 0 radical (unpaired) electrons. The van der Waals surface area contributed by atoms with Gasteiger partial charge in [-0.3, -0.25) is 5.10 Å². The number of hydrogen-bond donors (Lipinski definition) is 1. The Labute approximate surface area is 91.7 Å². The summed E-state index contributed by atoms with van der Waals surface area (Å²) >= 11 is 7.54. The Morgan fingerprint density at radius 2 is 2.29 bits per heavy atom. The van der Waals surface area contributed by atoms with E-state index in [1.807, 2.05) is 37.4 Å². The minimum atomic E-state index is 0.760. The number of nitrogens with one attached hydrogen (secondary N) is 1. The minimum Gasteiger partial charge on any atom is -0.282 e. The molecule has 0 aliphatic carbocycles. The van der Waals surface area contributed by atoms with Gasteiger partial charge in [-0.05, 0) is 25.1 Å². The van der Waals surface area contributed by atoms with Gasteiger partial charge in [0.15, 0.2) is 0 Å². The second kappa shape index (κ2) is 4.07. The molecule has 14 heavy (non-hydrogen) atoms. The van der Waals surface area contributed by atoms with E-state index in [0.29, 0.717) is 0 Å². The number of halogens is 1. The third-order valence-corrected chi connectivity index (χ3v) is 3.16. The van der Waals surface area contributed by atoms with E-state index < -0.39 is 0 Å². The van der Waals surface area contributed by atoms with Gasteiger partial charge >= 0.3 is 0 Å². The second-order valence-electron chi connectivity index (χ2n) is 2.92. The molecular formula is C10H9ClN2S. The second-order valence-corrected chi connectivity index (χ2v) is 4.47. The summed E-state index contributed by atoms with van der Waals surface area (Å²) in [6.45, 7) is 2.00. The van der Waals surface area contributed by atoms with Crippen LogP contribution in [-0.4, -0.2) is 10.2 Å². The maximum absolute atomic E-state index is 5.89. The van der Waals surface area contributed by atoms with Crippen LogP contribution in [0.4, 0.5) is 0 Å². The number of benzene rings is 1. The molecule has 1 N–H and O–H groups in total. The first kappa shape index (κ1) is 9.62. The molecule has 0 atom stereocenters. The molecule has 0 amide bonds. The largest absolute Gasteiger partial charge is 0.282 e. The SMILES string of the molecule is Cc1[nH]ncc1Sc1cccc(Cl)c1. The molecule has 0 saturated carbocycles. The number of aromatic nitrogens is 2. The summed E-state index contributed by atoms with van der Waals surface area (Å²) in [7, 11) is 0. The van der Waals surface area contributed by atoms with Crippen molar-refractivity contribution < 1.29 is 0 Å². The van der Waals surface area contributed by atoms with E-state index in [9.17, 15) is 0 Å². The molecule has 0 bridgehead atoms. The molecule has 2 nitrogen and oxygen atoms in total. The van der Waals surface area contributed by atoms with Gasteiger partial charge in [-0.15, -0.1) is 0 Å². The van der Waals surface area contributed by atoms with Crippen molar-refractivity contribution in [3.63, 3.8) is 0 Å². The highest BCUT2D eigenvalue weighted by atomic mass is 35.5. The van der Waals surface area contributed by atoms with Gasteiger partial charge in [0.2, 0.25) is 0 Å². The monoisotopic (exact) mass is 224 g/mol. The van der Waals surface area contributed by atoms with Gasteiger partial charge in [-0.25, -0.2) is 0 Å². The van der Waals surface area contributed by atoms with Crippen LogP contribution in [0.15, 0.2) is 40.3 Å². The predicted molar refractivity (Wildman–Crippen MR) is 58.9 cm³/mol. The van der Waals surface area contributed by atoms with E-state index in [-0.39, 0.29) is 0 Å². The number of aryl methyl sites for hydroxylation is 1. The van der Waals surface area contributed by atoms with Crippen molar-refractivity contribution in [2.24, 2.45) is 0 Å². The van der Waals surface area contributed by atoms with Gasteiger partial charge in [-0.1, -0.05) is 29.4 Å². The summed E-state index contributed by atoms with van der Waals surface area (Å²) in [6.07, 6.45) is 1.82. The Morgan fingerprint density at radius 3 is 2.93 bits per heavy atom. The molecule has 2 aromatic rings. The van der Waals surface area contributed by atoms with E-state index in [1.165, 1.54) is 0 Å². The molecule has 72 valence electrons. The lowest BCUT2D eigenvalue weighted by atomic mass is 10.4. The van der Waals surface area contributed by atoms with Gasteiger partial charge in [-0.2, -0.15) is 5.10 Å². The fourth-order valence-electron chi connectivity index (χ4n) is 1.10. The Morgan fingerprint density at radius 1 is 1.43 bits per heavy atom. The van der Waals surface area contributed by atoms with Crippen molar-refractivity contribution in [2.75, 3.05) is 0 Å². The summed E-state index contributed by atoms with van der Waals surface area (Å²) in [4.78, 5) is 2.26. The summed E-state index contributed by atoms with van der Waals surface area (Å²) in [5.74, 6) is 0. The molecule has 0 fully saturated rings. The molecular weight excluding hydrogens is 216 g/mol. The fourth-order valence-corrected chi connectivity index (χ4v) is 2.25. The maximum atomic E-state index is 5.89. The number of aromatic amines is 1. The Bertz CT molecular complexity index is 439. The standard InChI is InChI=1S/C10H9ClN2S/c1-7-10(6-12-13-7)14-9-4-2-3-8(11)5-9/h2-6H,1H3,(H,12,13). The Balaban J connectivity index is 2.23. The lowest BCUT2D eigenvalue weighted by Gasteiger charge is -1.99. The quantitative estimate of drug-likeness (QED) is 0.846. The number of hydrogen-bond acceptors (Lipinski definition) is 2. The average molecular weight is 225 g/mol. The van der Waals surface area contributed by atoms with Crippen LogP contribution in [0.5, 0.6) is 0 Å². The third-order valence-electron chi connectivity index (χ3n) is 1.81. The van der Waals surface area contributed by atoms with E-state index in [4.69, 9.17) is 11.6 Å². The summed E-state index contributed by atoms with van der Waals surface area (Å²) in [5.41, 5.74) is 1.08. The highest BCUT2D eigenvalue weighted by Gasteiger charge is 2.02. The lowest BCUT2D eigenvalue weighted by Crippen LogP contribution is -1.75. The van der Waals surface area contributed by atoms with Crippen LogP contribution in [0, 0.1) is 6.92 Å². The molecule has 0 spiro atoms. The van der Waals surface area contributed by atoms with Gasteiger partial charge < -0.3 is 0 Å². The number of nitrogens with zero attached hydrogens (tertiary/aromatic N) is 1. The van der Waals surface area contributed by atoms with Gasteiger partial charge in [0.25, 0.3) is 0 Å². The topological polar surface area (TPSA) is 28.7 Å². The van der Waals surface area contributed by atoms with Crippen LogP contribution >= 0.6 is 23.4 Å². The van der Waals surface area contributed by atoms with Crippen molar-refractivity contribution in [3.05, 3.63) is 41.2 Å². The van der Waals surface area contributed by atoms with Gasteiger partial charge in [0, 0.05) is 15.6 Å². The lowest BCUT2D eigenvalue weighted by molar-refractivity contribution is 1.04. The van der Waals surface area contributed by atoms with Crippen LogP contribution < -0.4 is 0 Å². The van der Waals surface area contributed by atoms with Gasteiger partial charge in [0.1, 0.15) is 0 Å². The van der Waals surface area contributed by atoms with Crippen LogP contribution in [0.1, 0.15) is 5.69 Å². The van der Waals surface area contributed by atoms with Crippen molar-refractivity contribution in [1.29, 1.82) is 0 Å². The van der Waals surface area contributed by atoms with Crippen LogP contribution in [0.25, 0.3) is 0 Å². The zero-order valence-electron chi connectivity index (χ0n) is 7.62. The third kappa shape index (κ3) is 2.11. The molecule has 4 heteroatoms. The summed E-state index contributed by atoms with van der Waals surface area (Å²) in [6, 6.07) is 7.79. The first-order chi connectivity index (χ1) is 6.75. The van der Waals surface area contributed by atoms with E-state index in [0.717, 1.165) is 20.5 Å². The summed E-state index contributed by atoms with van der Waals surface area (Å²) in [5, 5.41) is 7.62. The first-order valence-electron chi connectivity index (χ1n) is 4.19. The van der Waals surface area contributed by atoms with E-state index >= 15 is 0 Å². The van der Waals surface area contributed by atoms with Crippen molar-refractivity contribution in [2.45, 2.75) is 16.7 Å². The van der Waals surface area contributed by atoms with Crippen molar-refractivity contribution >= 4 is 23.4 Å². The smallest absolute Gasteiger partial charge is 0.0629 e. The molecule has 1 heterocycles. The first-order valence-corrected chi connectivity index (χ1v) is 5.38. The zero-order chi connectivity index (χ0) is 9.97. The highest BCUT2D eigenvalue weighted by molar-refractivity contribution is 7.99. The van der Waals surface area contributed by atoms with Crippen molar-refractivity contribution in [1.82, 2.24) is 10.2 Å². The Kier molecular flexibility index (Phi) is 2.79. The van der Waals surface area contributed by atoms with E-state index in [2.05, 4.69) is 10.2 Å². The Hall–Kier alpha value is -0.930. The zero-order valence-corrected chi connectivity index (χ0v) is 9.19. The highest BCUT2D eigenvalue weighted by Crippen LogP contribution is 2.30. The molecule has 0 aliphatic rings. The molecule has 1 aromatic heterocycles. The fraction of sp³-hybridized carbons (Fsp3) is 0.100. The van der Waals surface area contributed by atoms with Crippen LogP contribution in [0.2, 0.25) is 5.02 Å². The molecule has 0 saturated heterocycles. The number of H-pyrrole nitrogens is 1. The van der Waals surface area contributed by atoms with E-state index in [1.54, 1.807) is 11.8 Å². The van der Waals surface area contributed by atoms with Crippen molar-refractivity contribution in [3.8, 4) is 0 Å². The molecule has 1 aromatic carbocycles. The maximum Gasteiger partial charge on any atom is 0.0629 e. The normalized spacial score (nSPS) is 10.4. The average Bonchev–Trinajstić information content (AvgIpc) is 2.52. The van der Waals surface area contributed by atoms with Crippen LogP contribution in [-0.2, 0) is 0 Å². The molecule has 2 rings (SSSR count). The predicted octanol–water partition coefficient (Wildman–Crippen LogP) is 3.52. The molecule has 0 aliphatic heterocycles. The number of rotatable bonds is 2. The minimum absolute atomic E-state index is 0.760. The van der Waals surface area contributed by atoms with Gasteiger partial charge in [0.05, 0.1) is 11.1 Å². The van der Waals surface area contributed by atoms with Crippen LogP contribution in [0.3, 0.4) is 0 Å². The summed E-state index contributed by atoms with van der Waals surface area (Å²) < 4.78 is 0.